The van der Waals surface area contributed by atoms with Crippen LogP contribution in [-0.2, 0) is 11.3 Å². The molecule has 10 heteroatoms. The fourth-order valence-corrected chi connectivity index (χ4v) is 9.41. The summed E-state index contributed by atoms with van der Waals surface area (Å²) in [6.45, 7) is 12.1. The van der Waals surface area contributed by atoms with Gasteiger partial charge in [-0.05, 0) is 81.1 Å². The highest BCUT2D eigenvalue weighted by Gasteiger charge is 2.33. The van der Waals surface area contributed by atoms with Crippen LogP contribution in [0.3, 0.4) is 0 Å². The number of thiazole rings is 1. The van der Waals surface area contributed by atoms with Crippen molar-refractivity contribution in [1.82, 2.24) is 24.3 Å². The van der Waals surface area contributed by atoms with Crippen molar-refractivity contribution in [2.75, 3.05) is 50.7 Å². The van der Waals surface area contributed by atoms with Crippen LogP contribution in [0.1, 0.15) is 71.6 Å². The van der Waals surface area contributed by atoms with Gasteiger partial charge in [0, 0.05) is 61.1 Å². The van der Waals surface area contributed by atoms with Crippen LogP contribution in [0.15, 0.2) is 42.5 Å². The molecule has 0 bridgehead atoms. The fourth-order valence-electron chi connectivity index (χ4n) is 8.52. The minimum Gasteiger partial charge on any atom is -0.478 e. The number of aromatic nitrogens is 3. The number of hydrogen-bond donors (Lipinski definition) is 1. The second-order valence-electron chi connectivity index (χ2n) is 13.9. The van der Waals surface area contributed by atoms with Crippen molar-refractivity contribution in [1.29, 1.82) is 0 Å². The van der Waals surface area contributed by atoms with Gasteiger partial charge in [-0.2, -0.15) is 0 Å². The number of hydrogen-bond acceptors (Lipinski definition) is 7. The number of pyridine rings is 1. The van der Waals surface area contributed by atoms with Crippen molar-refractivity contribution < 1.29 is 14.7 Å². The van der Waals surface area contributed by atoms with Gasteiger partial charge in [0.15, 0.2) is 0 Å². The number of rotatable bonds is 6. The lowest BCUT2D eigenvalue weighted by molar-refractivity contribution is -0.131. The molecule has 5 aromatic rings. The minimum atomic E-state index is -0.916. The molecule has 0 spiro atoms. The molecule has 0 radical (unpaired) electrons. The summed E-state index contributed by atoms with van der Waals surface area (Å²) in [5.41, 5.74) is 8.72. The van der Waals surface area contributed by atoms with Crippen molar-refractivity contribution in [3.8, 4) is 21.8 Å². The number of carboxylic acid groups (broad SMARTS) is 1. The number of benzene rings is 2. The summed E-state index contributed by atoms with van der Waals surface area (Å²) >= 11 is 1.67. The van der Waals surface area contributed by atoms with Gasteiger partial charge in [0.2, 0.25) is 5.91 Å². The SMILES string of the molecule is CCN1CCN(C(=O)CN2CCn3c(c(C4CCCCC4)c4ccc(C(=O)O)cc43)-c3ccc4nc(-c5sc(C)nc5C)ccc4c32)CC1. The van der Waals surface area contributed by atoms with Crippen molar-refractivity contribution in [2.45, 2.75) is 65.3 Å². The number of piperazine rings is 1. The van der Waals surface area contributed by atoms with E-state index < -0.39 is 5.97 Å². The van der Waals surface area contributed by atoms with Crippen LogP contribution in [0.5, 0.6) is 0 Å². The number of nitrogens with zero attached hydrogens (tertiary/aromatic N) is 6. The molecule has 49 heavy (non-hydrogen) atoms. The van der Waals surface area contributed by atoms with E-state index in [-0.39, 0.29) is 12.5 Å². The van der Waals surface area contributed by atoms with Crippen molar-refractivity contribution >= 4 is 50.7 Å². The maximum absolute atomic E-state index is 14.0. The van der Waals surface area contributed by atoms with Gasteiger partial charge in [0.05, 0.1) is 50.3 Å². The van der Waals surface area contributed by atoms with E-state index >= 15 is 0 Å². The van der Waals surface area contributed by atoms with Gasteiger partial charge in [-0.25, -0.2) is 14.8 Å². The molecular formula is C39H44N6O3S. The molecule has 254 valence electrons. The Kier molecular flexibility index (Phi) is 8.40. The van der Waals surface area contributed by atoms with E-state index in [0.717, 1.165) is 99.9 Å². The molecule has 9 nitrogen and oxygen atoms in total. The molecule has 3 aliphatic rings. The molecule has 1 saturated carbocycles. The zero-order chi connectivity index (χ0) is 33.8. The predicted octanol–water partition coefficient (Wildman–Crippen LogP) is 7.33. The number of carbonyl (C=O) groups excluding carboxylic acids is 1. The second kappa shape index (κ2) is 12.9. The van der Waals surface area contributed by atoms with Crippen LogP contribution in [0.25, 0.3) is 43.6 Å². The normalized spacial score (nSPS) is 17.4. The van der Waals surface area contributed by atoms with Crippen LogP contribution in [0, 0.1) is 13.8 Å². The quantitative estimate of drug-likeness (QED) is 0.201. The summed E-state index contributed by atoms with van der Waals surface area (Å²) < 4.78 is 2.35. The highest BCUT2D eigenvalue weighted by Crippen LogP contribution is 2.49. The van der Waals surface area contributed by atoms with Gasteiger partial charge in [-0.15, -0.1) is 11.3 Å². The van der Waals surface area contributed by atoms with Gasteiger partial charge < -0.3 is 24.4 Å². The summed E-state index contributed by atoms with van der Waals surface area (Å²) in [6.07, 6.45) is 5.90. The zero-order valence-corrected chi connectivity index (χ0v) is 29.5. The Morgan fingerprint density at radius 1 is 0.898 bits per heavy atom. The minimum absolute atomic E-state index is 0.149. The van der Waals surface area contributed by atoms with Gasteiger partial charge in [0.1, 0.15) is 0 Å². The highest BCUT2D eigenvalue weighted by molar-refractivity contribution is 7.15. The first-order valence-corrected chi connectivity index (χ1v) is 18.7. The predicted molar refractivity (Wildman–Crippen MR) is 197 cm³/mol. The van der Waals surface area contributed by atoms with Gasteiger partial charge in [-0.3, -0.25) is 4.79 Å². The molecule has 0 atom stereocenters. The number of aryl methyl sites for hydroxylation is 2. The first kappa shape index (κ1) is 32.0. The van der Waals surface area contributed by atoms with E-state index in [9.17, 15) is 14.7 Å². The molecule has 1 N–H and O–H groups in total. The summed E-state index contributed by atoms with van der Waals surface area (Å²) in [5.74, 6) is -0.371. The number of anilines is 1. The topological polar surface area (TPSA) is 94.8 Å². The Bertz CT molecular complexity index is 2090. The molecule has 1 aliphatic carbocycles. The molecule has 1 amide bonds. The maximum Gasteiger partial charge on any atom is 0.335 e. The molecular weight excluding hydrogens is 633 g/mol. The van der Waals surface area contributed by atoms with E-state index in [4.69, 9.17) is 4.98 Å². The van der Waals surface area contributed by atoms with Crippen LogP contribution in [0.4, 0.5) is 5.69 Å². The number of likely N-dealkylation sites (N-methyl/N-ethyl adjacent to an activating group) is 1. The first-order chi connectivity index (χ1) is 23.8. The summed E-state index contributed by atoms with van der Waals surface area (Å²) in [6, 6.07) is 14.3. The average Bonchev–Trinajstić information content (AvgIpc) is 3.58. The Morgan fingerprint density at radius 3 is 2.39 bits per heavy atom. The average molecular weight is 677 g/mol. The zero-order valence-electron chi connectivity index (χ0n) is 28.7. The van der Waals surface area contributed by atoms with Crippen LogP contribution >= 0.6 is 11.3 Å². The second-order valence-corrected chi connectivity index (χ2v) is 15.1. The smallest absolute Gasteiger partial charge is 0.335 e. The molecule has 3 aromatic heterocycles. The molecule has 0 unspecified atom stereocenters. The number of fused-ring (bicyclic) bond motifs is 7. The number of aromatic carboxylic acids is 1. The molecule has 8 rings (SSSR count). The third-order valence-corrected chi connectivity index (χ3v) is 12.1. The van der Waals surface area contributed by atoms with E-state index in [0.29, 0.717) is 24.6 Å². The third kappa shape index (κ3) is 5.68. The van der Waals surface area contributed by atoms with E-state index in [1.165, 1.54) is 30.5 Å². The standard InChI is InChI=1S/C39H44N6O3S/c1-4-42-16-18-43(19-17-42)34(46)23-44-20-21-45-33-22-27(39(47)48)10-11-29(33)35(26-8-6-5-7-9-26)37(45)30-13-14-31-28(36(30)44)12-15-32(41-31)38-24(2)40-25(3)49-38/h10-15,22,26H,4-9,16-21,23H2,1-3H3,(H,47,48). The van der Waals surface area contributed by atoms with E-state index in [1.807, 2.05) is 30.9 Å². The first-order valence-electron chi connectivity index (χ1n) is 17.8. The van der Waals surface area contributed by atoms with Crippen molar-refractivity contribution in [2.24, 2.45) is 0 Å². The maximum atomic E-state index is 14.0. The Morgan fingerprint density at radius 2 is 1.67 bits per heavy atom. The molecule has 5 heterocycles. The lowest BCUT2D eigenvalue weighted by Gasteiger charge is -2.36. The van der Waals surface area contributed by atoms with Crippen LogP contribution in [-0.4, -0.2) is 87.1 Å². The van der Waals surface area contributed by atoms with Crippen LogP contribution < -0.4 is 4.90 Å². The number of carbonyl (C=O) groups is 2. The van der Waals surface area contributed by atoms with Crippen molar-refractivity contribution in [3.63, 3.8) is 0 Å². The largest absolute Gasteiger partial charge is 0.478 e. The number of carboxylic acids is 1. The Labute approximate surface area is 291 Å². The summed E-state index contributed by atoms with van der Waals surface area (Å²) in [7, 11) is 0. The van der Waals surface area contributed by atoms with E-state index in [1.54, 1.807) is 17.4 Å². The van der Waals surface area contributed by atoms with Crippen molar-refractivity contribution in [3.05, 3.63) is 64.3 Å². The Hall–Kier alpha value is -4.28. The monoisotopic (exact) mass is 676 g/mol. The Balaban J connectivity index is 1.32. The van der Waals surface area contributed by atoms with E-state index in [2.05, 4.69) is 50.5 Å². The van der Waals surface area contributed by atoms with Gasteiger partial charge in [-0.1, -0.05) is 32.3 Å². The van der Waals surface area contributed by atoms with Gasteiger partial charge >= 0.3 is 5.97 Å². The molecule has 1 saturated heterocycles. The molecule has 2 fully saturated rings. The highest BCUT2D eigenvalue weighted by atomic mass is 32.1. The summed E-state index contributed by atoms with van der Waals surface area (Å²) in [5, 5.41) is 13.2. The molecule has 2 aromatic carbocycles. The fraction of sp³-hybridized carbons (Fsp3) is 0.436. The van der Waals surface area contributed by atoms with Gasteiger partial charge in [0.25, 0.3) is 0 Å². The summed E-state index contributed by atoms with van der Waals surface area (Å²) in [4.78, 5) is 43.8. The number of amides is 1. The van der Waals surface area contributed by atoms with Crippen LogP contribution in [0.2, 0.25) is 0 Å². The lowest BCUT2D eigenvalue weighted by Crippen LogP contribution is -2.51. The molecule has 2 aliphatic heterocycles. The third-order valence-electron chi connectivity index (χ3n) is 11.0. The lowest BCUT2D eigenvalue weighted by atomic mass is 9.81.